The number of aliphatic hydroxyl groups excluding tert-OH is 2. The van der Waals surface area contributed by atoms with Crippen molar-refractivity contribution in [3.8, 4) is 11.5 Å². The van der Waals surface area contributed by atoms with Gasteiger partial charge in [0.05, 0.1) is 13.2 Å². The normalized spacial score (nSPS) is 21.0. The molecule has 2 N–H and O–H groups in total. The fourth-order valence-corrected chi connectivity index (χ4v) is 3.37. The molecule has 0 fully saturated rings. The van der Waals surface area contributed by atoms with Gasteiger partial charge in [-0.15, -0.1) is 0 Å². The molecule has 156 valence electrons. The second kappa shape index (κ2) is 10.2. The maximum absolute atomic E-state index is 13.0. The molecule has 0 unspecified atom stereocenters. The van der Waals surface area contributed by atoms with Gasteiger partial charge < -0.3 is 24.6 Å². The smallest absolute Gasteiger partial charge is 0.272 e. The summed E-state index contributed by atoms with van der Waals surface area (Å²) in [6, 6.07) is 11.0. The highest BCUT2D eigenvalue weighted by Gasteiger charge is 2.23. The summed E-state index contributed by atoms with van der Waals surface area (Å²) in [5.41, 5.74) is 1.36. The van der Waals surface area contributed by atoms with E-state index in [4.69, 9.17) is 9.47 Å². The lowest BCUT2D eigenvalue weighted by Gasteiger charge is -2.25. The summed E-state index contributed by atoms with van der Waals surface area (Å²) in [7, 11) is 1.54. The lowest BCUT2D eigenvalue weighted by Crippen LogP contribution is -2.38. The maximum Gasteiger partial charge on any atom is 0.272 e. The molecule has 2 atom stereocenters. The van der Waals surface area contributed by atoms with E-state index in [1.54, 1.807) is 30.3 Å². The second-order valence-electron chi connectivity index (χ2n) is 7.17. The molecule has 1 aromatic carbocycles. The molecule has 1 aliphatic rings. The molecule has 1 amide bonds. The van der Waals surface area contributed by atoms with Crippen LogP contribution in [-0.4, -0.2) is 65.0 Å². The number of fused-ring (bicyclic) bond motifs is 1. The molecular weight excluding hydrogens is 372 g/mol. The number of carbonyl (C=O) groups is 1. The highest BCUT2D eigenvalue weighted by molar-refractivity contribution is 5.92. The summed E-state index contributed by atoms with van der Waals surface area (Å²) in [4.78, 5) is 18.8. The topological polar surface area (TPSA) is 92.1 Å². The van der Waals surface area contributed by atoms with E-state index in [9.17, 15) is 15.0 Å². The van der Waals surface area contributed by atoms with Crippen molar-refractivity contribution in [2.45, 2.75) is 37.9 Å². The monoisotopic (exact) mass is 400 g/mol. The van der Waals surface area contributed by atoms with Gasteiger partial charge in [0.2, 0.25) is 0 Å². The van der Waals surface area contributed by atoms with Crippen molar-refractivity contribution < 1.29 is 24.5 Å². The first-order valence-corrected chi connectivity index (χ1v) is 9.94. The molecule has 1 aliphatic heterocycles. The number of aryl methyl sites for hydroxylation is 1. The minimum Gasteiger partial charge on any atom is -0.497 e. The Labute approximate surface area is 170 Å². The zero-order chi connectivity index (χ0) is 20.6. The van der Waals surface area contributed by atoms with Crippen LogP contribution in [0, 0.1) is 0 Å². The van der Waals surface area contributed by atoms with Gasteiger partial charge in [-0.1, -0.05) is 18.2 Å². The lowest BCUT2D eigenvalue weighted by atomic mass is 10.1. The number of methoxy groups -OCH3 is 1. The van der Waals surface area contributed by atoms with Crippen molar-refractivity contribution in [3.63, 3.8) is 0 Å². The number of carbonyl (C=O) groups excluding carboxylic acids is 1. The van der Waals surface area contributed by atoms with Crippen LogP contribution in [0.1, 0.15) is 35.3 Å². The largest absolute Gasteiger partial charge is 0.497 e. The molecule has 3 rings (SSSR count). The Morgan fingerprint density at radius 2 is 2.00 bits per heavy atom. The van der Waals surface area contributed by atoms with Crippen LogP contribution < -0.4 is 9.47 Å². The van der Waals surface area contributed by atoms with E-state index in [-0.39, 0.29) is 18.9 Å². The van der Waals surface area contributed by atoms with Crippen LogP contribution in [0.15, 0.2) is 42.6 Å². The fourth-order valence-electron chi connectivity index (χ4n) is 3.37. The molecule has 0 radical (unpaired) electrons. The standard InChI is InChI=1S/C22H28N2O5/c1-28-17-9-11-23-18(14-17)22(27)24-12-5-4-7-16-6-2-3-8-21(16)29-15-20(26)19(25)10-13-24/h2-3,6,8-9,11,14,19-20,25-26H,4-5,7,10,12-13,15H2,1H3/t19-,20+/m0/s1. The zero-order valence-electron chi connectivity index (χ0n) is 16.7. The number of aromatic nitrogens is 1. The predicted octanol–water partition coefficient (Wildman–Crippen LogP) is 2.06. The maximum atomic E-state index is 13.0. The molecule has 0 aliphatic carbocycles. The SMILES string of the molecule is COc1ccnc(C(=O)N2CCCCc3ccccc3OC[C@@H](O)[C@@H](O)CC2)c1. The van der Waals surface area contributed by atoms with Crippen LogP contribution >= 0.6 is 0 Å². The quantitative estimate of drug-likeness (QED) is 0.802. The van der Waals surface area contributed by atoms with Crippen molar-refractivity contribution in [1.82, 2.24) is 9.88 Å². The Morgan fingerprint density at radius 3 is 2.83 bits per heavy atom. The van der Waals surface area contributed by atoms with Crippen LogP contribution in [0.5, 0.6) is 11.5 Å². The molecule has 1 aromatic heterocycles. The summed E-state index contributed by atoms with van der Waals surface area (Å²) < 4.78 is 10.9. The zero-order valence-corrected chi connectivity index (χ0v) is 16.7. The van der Waals surface area contributed by atoms with Gasteiger partial charge in [-0.2, -0.15) is 0 Å². The van der Waals surface area contributed by atoms with Crippen molar-refractivity contribution in [1.29, 1.82) is 0 Å². The molecule has 7 nitrogen and oxygen atoms in total. The third-order valence-corrected chi connectivity index (χ3v) is 5.12. The van der Waals surface area contributed by atoms with Gasteiger partial charge in [-0.05, 0) is 43.4 Å². The summed E-state index contributed by atoms with van der Waals surface area (Å²) in [6.45, 7) is 0.871. The van der Waals surface area contributed by atoms with Crippen LogP contribution in [0.3, 0.4) is 0 Å². The highest BCUT2D eigenvalue weighted by atomic mass is 16.5. The average Bonchev–Trinajstić information content (AvgIpc) is 2.77. The molecule has 0 saturated heterocycles. The van der Waals surface area contributed by atoms with Gasteiger partial charge in [0.25, 0.3) is 5.91 Å². The van der Waals surface area contributed by atoms with E-state index in [0.717, 1.165) is 30.6 Å². The van der Waals surface area contributed by atoms with Crippen molar-refractivity contribution in [2.24, 2.45) is 0 Å². The summed E-state index contributed by atoms with van der Waals surface area (Å²) in [5.74, 6) is 1.09. The van der Waals surface area contributed by atoms with Gasteiger partial charge in [0.15, 0.2) is 0 Å². The number of ether oxygens (including phenoxy) is 2. The molecule has 2 heterocycles. The number of benzene rings is 1. The first-order valence-electron chi connectivity index (χ1n) is 9.94. The molecule has 0 saturated carbocycles. The number of rotatable bonds is 2. The van der Waals surface area contributed by atoms with Crippen molar-refractivity contribution in [3.05, 3.63) is 53.9 Å². The lowest BCUT2D eigenvalue weighted by molar-refractivity contribution is -0.0150. The molecule has 0 bridgehead atoms. The number of amides is 1. The van der Waals surface area contributed by atoms with E-state index in [1.807, 2.05) is 24.3 Å². The molecular formula is C22H28N2O5. The summed E-state index contributed by atoms with van der Waals surface area (Å²) >= 11 is 0. The van der Waals surface area contributed by atoms with Crippen LogP contribution in [-0.2, 0) is 6.42 Å². The van der Waals surface area contributed by atoms with Gasteiger partial charge in [-0.25, -0.2) is 0 Å². The fraction of sp³-hybridized carbons (Fsp3) is 0.455. The van der Waals surface area contributed by atoms with E-state index in [2.05, 4.69) is 4.98 Å². The molecule has 29 heavy (non-hydrogen) atoms. The number of pyridine rings is 1. The number of para-hydroxylation sites is 1. The minimum absolute atomic E-state index is 0.00354. The van der Waals surface area contributed by atoms with E-state index >= 15 is 0 Å². The molecule has 7 heteroatoms. The van der Waals surface area contributed by atoms with Gasteiger partial charge in [-0.3, -0.25) is 9.78 Å². The van der Waals surface area contributed by atoms with Crippen molar-refractivity contribution >= 4 is 5.91 Å². The van der Waals surface area contributed by atoms with Crippen LogP contribution in [0.25, 0.3) is 0 Å². The van der Waals surface area contributed by atoms with Crippen LogP contribution in [0.2, 0.25) is 0 Å². The first kappa shape index (κ1) is 21.1. The Kier molecular flexibility index (Phi) is 7.43. The Morgan fingerprint density at radius 1 is 1.17 bits per heavy atom. The Balaban J connectivity index is 1.75. The Hall–Kier alpha value is -2.64. The molecule has 0 spiro atoms. The number of hydrogen-bond acceptors (Lipinski definition) is 6. The highest BCUT2D eigenvalue weighted by Crippen LogP contribution is 2.22. The average molecular weight is 400 g/mol. The van der Waals surface area contributed by atoms with Gasteiger partial charge in [0, 0.05) is 25.4 Å². The third-order valence-electron chi connectivity index (χ3n) is 5.12. The van der Waals surface area contributed by atoms with E-state index < -0.39 is 12.2 Å². The summed E-state index contributed by atoms with van der Waals surface area (Å²) in [5, 5.41) is 20.6. The van der Waals surface area contributed by atoms with Gasteiger partial charge in [0.1, 0.15) is 29.9 Å². The number of hydrogen-bond donors (Lipinski definition) is 2. The third kappa shape index (κ3) is 5.68. The molecule has 2 aromatic rings. The van der Waals surface area contributed by atoms with E-state index in [0.29, 0.717) is 24.5 Å². The first-order chi connectivity index (χ1) is 14.1. The van der Waals surface area contributed by atoms with Gasteiger partial charge >= 0.3 is 0 Å². The predicted molar refractivity (Wildman–Crippen MR) is 108 cm³/mol. The summed E-state index contributed by atoms with van der Waals surface area (Å²) in [6.07, 6.45) is 2.28. The Bertz CT molecular complexity index is 813. The minimum atomic E-state index is -1.03. The second-order valence-corrected chi connectivity index (χ2v) is 7.17. The van der Waals surface area contributed by atoms with Crippen molar-refractivity contribution in [2.75, 3.05) is 26.8 Å². The van der Waals surface area contributed by atoms with E-state index in [1.165, 1.54) is 0 Å². The number of aliphatic hydroxyl groups is 2. The van der Waals surface area contributed by atoms with Crippen LogP contribution in [0.4, 0.5) is 0 Å². The number of nitrogens with zero attached hydrogens (tertiary/aromatic N) is 2.